The number of quaternary nitrogens is 1. The third-order valence-corrected chi connectivity index (χ3v) is 3.77. The van der Waals surface area contributed by atoms with E-state index in [0.717, 1.165) is 34.8 Å². The molecule has 7 heteroatoms. The number of halogens is 3. The summed E-state index contributed by atoms with van der Waals surface area (Å²) >= 11 is 0. The molecule has 25 heavy (non-hydrogen) atoms. The van der Waals surface area contributed by atoms with E-state index in [9.17, 15) is 18.0 Å². The Morgan fingerprint density at radius 1 is 1.08 bits per heavy atom. The molecule has 2 aromatic carbocycles. The van der Waals surface area contributed by atoms with E-state index in [-0.39, 0.29) is 12.2 Å². The summed E-state index contributed by atoms with van der Waals surface area (Å²) in [5, 5.41) is 2.26. The molecule has 1 atom stereocenters. The van der Waals surface area contributed by atoms with Crippen molar-refractivity contribution in [2.45, 2.75) is 6.42 Å². The topological polar surface area (TPSA) is 42.8 Å². The van der Waals surface area contributed by atoms with Crippen LogP contribution in [-0.4, -0.2) is 33.2 Å². The summed E-state index contributed by atoms with van der Waals surface area (Å²) in [4.78, 5) is 12.8. The molecule has 0 heterocycles. The quantitative estimate of drug-likeness (QED) is 0.746. The van der Waals surface area contributed by atoms with E-state index in [1.165, 1.54) is 0 Å². The van der Waals surface area contributed by atoms with Crippen molar-refractivity contribution in [1.82, 2.24) is 0 Å². The summed E-state index contributed by atoms with van der Waals surface area (Å²) in [5.41, 5.74) is 0.735. The lowest BCUT2D eigenvalue weighted by Crippen LogP contribution is -3.10. The fourth-order valence-electron chi connectivity index (χ4n) is 2.33. The van der Waals surface area contributed by atoms with Crippen LogP contribution in [0.15, 0.2) is 36.4 Å². The third kappa shape index (κ3) is 5.22. The van der Waals surface area contributed by atoms with Gasteiger partial charge in [-0.3, -0.25) is 4.79 Å². The summed E-state index contributed by atoms with van der Waals surface area (Å²) in [6, 6.07) is 9.39. The number of rotatable bonds is 7. The number of amides is 1. The zero-order valence-corrected chi connectivity index (χ0v) is 14.0. The number of anilines is 1. The Labute approximate surface area is 144 Å². The van der Waals surface area contributed by atoms with E-state index in [0.29, 0.717) is 6.54 Å². The van der Waals surface area contributed by atoms with Gasteiger partial charge in [-0.1, -0.05) is 12.1 Å². The summed E-state index contributed by atoms with van der Waals surface area (Å²) in [5.74, 6) is -3.99. The lowest BCUT2D eigenvalue weighted by Gasteiger charge is -2.14. The molecule has 1 amide bonds. The third-order valence-electron chi connectivity index (χ3n) is 3.77. The van der Waals surface area contributed by atoms with Gasteiger partial charge in [-0.15, -0.1) is 0 Å². The first kappa shape index (κ1) is 18.8. The highest BCUT2D eigenvalue weighted by Gasteiger charge is 2.17. The SMILES string of the molecule is COc1ccc(CC[NH+](C)CC(=O)Nc2ccc(F)c(F)c2F)cc1. The number of nitrogens with one attached hydrogen (secondary N) is 2. The lowest BCUT2D eigenvalue weighted by atomic mass is 10.1. The molecule has 0 bridgehead atoms. The minimum absolute atomic E-state index is 0.0780. The molecule has 134 valence electrons. The number of carbonyl (C=O) groups is 1. The van der Waals surface area contributed by atoms with Gasteiger partial charge in [0.1, 0.15) is 5.75 Å². The minimum atomic E-state index is -1.60. The van der Waals surface area contributed by atoms with Crippen LogP contribution in [-0.2, 0) is 11.2 Å². The Morgan fingerprint density at radius 2 is 1.76 bits per heavy atom. The first-order valence-corrected chi connectivity index (χ1v) is 7.78. The zero-order valence-electron chi connectivity index (χ0n) is 14.0. The first-order chi connectivity index (χ1) is 11.9. The van der Waals surface area contributed by atoms with E-state index in [1.54, 1.807) is 7.11 Å². The molecule has 0 saturated heterocycles. The van der Waals surface area contributed by atoms with Gasteiger partial charge in [0.2, 0.25) is 0 Å². The molecule has 4 nitrogen and oxygen atoms in total. The number of hydrogen-bond acceptors (Lipinski definition) is 2. The fourth-order valence-corrected chi connectivity index (χ4v) is 2.33. The highest BCUT2D eigenvalue weighted by atomic mass is 19.2. The number of likely N-dealkylation sites (N-methyl/N-ethyl adjacent to an activating group) is 1. The van der Waals surface area contributed by atoms with Gasteiger partial charge in [-0.05, 0) is 29.8 Å². The van der Waals surface area contributed by atoms with Crippen LogP contribution in [0.1, 0.15) is 5.56 Å². The predicted molar refractivity (Wildman–Crippen MR) is 88.3 cm³/mol. The summed E-state index contributed by atoms with van der Waals surface area (Å²) < 4.78 is 44.7. The van der Waals surface area contributed by atoms with Crippen LogP contribution in [0.4, 0.5) is 18.9 Å². The van der Waals surface area contributed by atoms with Crippen LogP contribution in [0.5, 0.6) is 5.75 Å². The predicted octanol–water partition coefficient (Wildman–Crippen LogP) is 1.81. The average Bonchev–Trinajstić information content (AvgIpc) is 2.61. The minimum Gasteiger partial charge on any atom is -0.497 e. The summed E-state index contributed by atoms with van der Waals surface area (Å²) in [6.07, 6.45) is 0.753. The zero-order chi connectivity index (χ0) is 18.4. The Balaban J connectivity index is 1.84. The van der Waals surface area contributed by atoms with E-state index < -0.39 is 23.4 Å². The molecule has 2 N–H and O–H groups in total. The van der Waals surface area contributed by atoms with Gasteiger partial charge in [0.05, 0.1) is 26.4 Å². The van der Waals surface area contributed by atoms with E-state index in [4.69, 9.17) is 4.74 Å². The number of ether oxygens (including phenoxy) is 1. The first-order valence-electron chi connectivity index (χ1n) is 7.78. The normalized spacial score (nSPS) is 11.9. The molecular weight excluding hydrogens is 333 g/mol. The highest BCUT2D eigenvalue weighted by Crippen LogP contribution is 2.19. The van der Waals surface area contributed by atoms with Crippen molar-refractivity contribution in [2.75, 3.05) is 32.6 Å². The lowest BCUT2D eigenvalue weighted by molar-refractivity contribution is -0.870. The van der Waals surface area contributed by atoms with Gasteiger partial charge in [0.25, 0.3) is 5.91 Å². The van der Waals surface area contributed by atoms with E-state index in [2.05, 4.69) is 5.32 Å². The van der Waals surface area contributed by atoms with Crippen LogP contribution >= 0.6 is 0 Å². The standard InChI is InChI=1S/C18H19F3N2O2/c1-23(10-9-12-3-5-13(25-2)6-4-12)11-16(24)22-15-8-7-14(19)17(20)18(15)21/h3-8H,9-11H2,1-2H3,(H,22,24)/p+1. The second kappa shape index (κ2) is 8.53. The molecule has 2 rings (SSSR count). The van der Waals surface area contributed by atoms with Gasteiger partial charge < -0.3 is 15.0 Å². The van der Waals surface area contributed by atoms with Gasteiger partial charge in [0.15, 0.2) is 24.0 Å². The van der Waals surface area contributed by atoms with Crippen LogP contribution in [0, 0.1) is 17.5 Å². The monoisotopic (exact) mass is 353 g/mol. The molecule has 0 aliphatic rings. The van der Waals surface area contributed by atoms with Gasteiger partial charge in [-0.25, -0.2) is 13.2 Å². The molecule has 0 aromatic heterocycles. The van der Waals surface area contributed by atoms with Crippen LogP contribution in [0.25, 0.3) is 0 Å². The molecule has 0 saturated carbocycles. The highest BCUT2D eigenvalue weighted by molar-refractivity contribution is 5.91. The van der Waals surface area contributed by atoms with Gasteiger partial charge in [0, 0.05) is 6.42 Å². The van der Waals surface area contributed by atoms with Gasteiger partial charge >= 0.3 is 0 Å². The van der Waals surface area contributed by atoms with Crippen molar-refractivity contribution in [3.05, 3.63) is 59.4 Å². The van der Waals surface area contributed by atoms with Crippen molar-refractivity contribution in [3.8, 4) is 5.75 Å². The Kier molecular flexibility index (Phi) is 6.41. The van der Waals surface area contributed by atoms with E-state index >= 15 is 0 Å². The molecular formula is C18H20F3N2O2+. The maximum Gasteiger partial charge on any atom is 0.279 e. The maximum atomic E-state index is 13.5. The molecule has 0 aliphatic carbocycles. The maximum absolute atomic E-state index is 13.5. The number of hydrogen-bond donors (Lipinski definition) is 2. The molecule has 2 aromatic rings. The second-order valence-corrected chi connectivity index (χ2v) is 5.75. The Morgan fingerprint density at radius 3 is 2.40 bits per heavy atom. The van der Waals surface area contributed by atoms with Crippen molar-refractivity contribution >= 4 is 11.6 Å². The van der Waals surface area contributed by atoms with Crippen molar-refractivity contribution in [2.24, 2.45) is 0 Å². The molecule has 0 aliphatic heterocycles. The number of benzene rings is 2. The molecule has 0 fully saturated rings. The van der Waals surface area contributed by atoms with Crippen LogP contribution in [0.2, 0.25) is 0 Å². The smallest absolute Gasteiger partial charge is 0.279 e. The number of carbonyl (C=O) groups excluding carboxylic acids is 1. The van der Waals surface area contributed by atoms with Gasteiger partial charge in [-0.2, -0.15) is 0 Å². The van der Waals surface area contributed by atoms with Crippen LogP contribution < -0.4 is 15.0 Å². The average molecular weight is 353 g/mol. The summed E-state index contributed by atoms with van der Waals surface area (Å²) in [7, 11) is 3.42. The van der Waals surface area contributed by atoms with Crippen molar-refractivity contribution in [1.29, 1.82) is 0 Å². The largest absolute Gasteiger partial charge is 0.497 e. The van der Waals surface area contributed by atoms with E-state index in [1.807, 2.05) is 31.3 Å². The Bertz CT molecular complexity index is 736. The molecule has 0 radical (unpaired) electrons. The Hall–Kier alpha value is -2.54. The van der Waals surface area contributed by atoms with Crippen molar-refractivity contribution < 1.29 is 27.6 Å². The summed E-state index contributed by atoms with van der Waals surface area (Å²) in [6.45, 7) is 0.759. The second-order valence-electron chi connectivity index (χ2n) is 5.75. The number of methoxy groups -OCH3 is 1. The van der Waals surface area contributed by atoms with Crippen molar-refractivity contribution in [3.63, 3.8) is 0 Å². The molecule has 1 unspecified atom stereocenters. The fraction of sp³-hybridized carbons (Fsp3) is 0.278. The molecule has 0 spiro atoms. The van der Waals surface area contributed by atoms with Crippen LogP contribution in [0.3, 0.4) is 0 Å².